The third-order valence-corrected chi connectivity index (χ3v) is 4.41. The average Bonchev–Trinajstić information content (AvgIpc) is 2.91. The summed E-state index contributed by atoms with van der Waals surface area (Å²) in [5.74, 6) is -0.958. The SMILES string of the molecule is Cc1ccc(Sc2nc3sccn3c2C(=O)O)cc1. The number of nitrogens with zero attached hydrogens (tertiary/aromatic N) is 2. The molecule has 6 heteroatoms. The number of aromatic carboxylic acids is 1. The maximum absolute atomic E-state index is 11.4. The van der Waals surface area contributed by atoms with Crippen LogP contribution in [0.4, 0.5) is 0 Å². The number of carboxylic acid groups (broad SMARTS) is 1. The first-order chi connectivity index (χ1) is 9.15. The lowest BCUT2D eigenvalue weighted by atomic mass is 10.2. The summed E-state index contributed by atoms with van der Waals surface area (Å²) >= 11 is 2.80. The molecule has 0 saturated heterocycles. The van der Waals surface area contributed by atoms with Crippen LogP contribution < -0.4 is 0 Å². The van der Waals surface area contributed by atoms with Crippen molar-refractivity contribution >= 4 is 34.0 Å². The van der Waals surface area contributed by atoms with E-state index >= 15 is 0 Å². The van der Waals surface area contributed by atoms with Crippen LogP contribution in [-0.4, -0.2) is 20.5 Å². The molecule has 3 aromatic rings. The number of aryl methyl sites for hydroxylation is 1. The molecule has 0 radical (unpaired) electrons. The lowest BCUT2D eigenvalue weighted by Crippen LogP contribution is -2.01. The van der Waals surface area contributed by atoms with Gasteiger partial charge in [0, 0.05) is 16.5 Å². The van der Waals surface area contributed by atoms with E-state index in [4.69, 9.17) is 0 Å². The first-order valence-electron chi connectivity index (χ1n) is 5.58. The van der Waals surface area contributed by atoms with Gasteiger partial charge in [-0.3, -0.25) is 4.40 Å². The number of aromatic nitrogens is 2. The molecule has 96 valence electrons. The molecule has 0 atom stereocenters. The molecule has 3 rings (SSSR count). The minimum atomic E-state index is -0.958. The quantitative estimate of drug-likeness (QED) is 0.801. The Balaban J connectivity index is 2.04. The molecule has 1 aromatic carbocycles. The van der Waals surface area contributed by atoms with E-state index in [9.17, 15) is 9.90 Å². The highest BCUT2D eigenvalue weighted by Crippen LogP contribution is 2.31. The number of hydrogen-bond donors (Lipinski definition) is 1. The monoisotopic (exact) mass is 290 g/mol. The van der Waals surface area contributed by atoms with Gasteiger partial charge < -0.3 is 5.11 Å². The standard InChI is InChI=1S/C13H10N2O2S2/c1-8-2-4-9(5-3-8)19-11-10(12(16)17)15-6-7-18-13(15)14-11/h2-7H,1H3,(H,16,17). The number of carbonyl (C=O) groups is 1. The van der Waals surface area contributed by atoms with Crippen molar-refractivity contribution in [1.29, 1.82) is 0 Å². The van der Waals surface area contributed by atoms with Gasteiger partial charge in [-0.25, -0.2) is 9.78 Å². The van der Waals surface area contributed by atoms with Gasteiger partial charge in [0.05, 0.1) is 0 Å². The Morgan fingerprint density at radius 3 is 2.79 bits per heavy atom. The van der Waals surface area contributed by atoms with E-state index in [1.807, 2.05) is 36.6 Å². The fourth-order valence-electron chi connectivity index (χ4n) is 1.75. The molecular weight excluding hydrogens is 280 g/mol. The van der Waals surface area contributed by atoms with Gasteiger partial charge in [-0.2, -0.15) is 0 Å². The zero-order chi connectivity index (χ0) is 13.4. The van der Waals surface area contributed by atoms with Gasteiger partial charge >= 0.3 is 5.97 Å². The number of thiazole rings is 1. The number of fused-ring (bicyclic) bond motifs is 1. The molecule has 0 unspecified atom stereocenters. The molecule has 19 heavy (non-hydrogen) atoms. The average molecular weight is 290 g/mol. The third kappa shape index (κ3) is 2.24. The van der Waals surface area contributed by atoms with Gasteiger partial charge in [0.2, 0.25) is 0 Å². The minimum absolute atomic E-state index is 0.224. The molecule has 2 aromatic heterocycles. The van der Waals surface area contributed by atoms with Crippen LogP contribution in [0.1, 0.15) is 16.1 Å². The van der Waals surface area contributed by atoms with Gasteiger partial charge in [-0.05, 0) is 19.1 Å². The van der Waals surface area contributed by atoms with E-state index < -0.39 is 5.97 Å². The topological polar surface area (TPSA) is 54.6 Å². The van der Waals surface area contributed by atoms with Crippen molar-refractivity contribution in [2.45, 2.75) is 16.8 Å². The van der Waals surface area contributed by atoms with E-state index in [2.05, 4.69) is 4.98 Å². The van der Waals surface area contributed by atoms with E-state index in [1.165, 1.54) is 28.7 Å². The predicted octanol–water partition coefficient (Wildman–Crippen LogP) is 3.55. The second-order valence-corrected chi connectivity index (χ2v) is 5.98. The zero-order valence-corrected chi connectivity index (χ0v) is 11.7. The fourth-order valence-corrected chi connectivity index (χ4v) is 3.43. The van der Waals surface area contributed by atoms with Crippen molar-refractivity contribution in [2.24, 2.45) is 0 Å². The van der Waals surface area contributed by atoms with Crippen molar-refractivity contribution in [3.8, 4) is 0 Å². The van der Waals surface area contributed by atoms with E-state index in [0.29, 0.717) is 9.99 Å². The predicted molar refractivity (Wildman–Crippen MR) is 75.3 cm³/mol. The summed E-state index contributed by atoms with van der Waals surface area (Å²) in [6, 6.07) is 7.94. The molecule has 0 aliphatic rings. The van der Waals surface area contributed by atoms with Gasteiger partial charge in [-0.1, -0.05) is 29.5 Å². The molecule has 0 aliphatic heterocycles. The van der Waals surface area contributed by atoms with Crippen molar-refractivity contribution in [1.82, 2.24) is 9.38 Å². The van der Waals surface area contributed by atoms with Crippen LogP contribution in [-0.2, 0) is 0 Å². The van der Waals surface area contributed by atoms with Gasteiger partial charge in [-0.15, -0.1) is 11.3 Å². The van der Waals surface area contributed by atoms with Gasteiger partial charge in [0.15, 0.2) is 10.7 Å². The molecule has 1 N–H and O–H groups in total. The van der Waals surface area contributed by atoms with E-state index in [-0.39, 0.29) is 5.69 Å². The van der Waals surface area contributed by atoms with E-state index in [1.54, 1.807) is 10.6 Å². The summed E-state index contributed by atoms with van der Waals surface area (Å²) < 4.78 is 1.61. The number of benzene rings is 1. The summed E-state index contributed by atoms with van der Waals surface area (Å²) in [5, 5.41) is 11.7. The molecule has 0 amide bonds. The molecular formula is C13H10N2O2S2. The summed E-state index contributed by atoms with van der Waals surface area (Å²) in [4.78, 5) is 17.4. The highest BCUT2D eigenvalue weighted by molar-refractivity contribution is 7.99. The van der Waals surface area contributed by atoms with Gasteiger partial charge in [0.1, 0.15) is 5.03 Å². The molecule has 0 aliphatic carbocycles. The second kappa shape index (κ2) is 4.71. The molecule has 2 heterocycles. The maximum atomic E-state index is 11.4. The summed E-state index contributed by atoms with van der Waals surface area (Å²) in [6.45, 7) is 2.02. The Bertz CT molecular complexity index is 744. The number of rotatable bonds is 3. The Morgan fingerprint density at radius 2 is 2.11 bits per heavy atom. The number of hydrogen-bond acceptors (Lipinski definition) is 4. The lowest BCUT2D eigenvalue weighted by molar-refractivity contribution is 0.0685. The largest absolute Gasteiger partial charge is 0.476 e. The smallest absolute Gasteiger partial charge is 0.355 e. The minimum Gasteiger partial charge on any atom is -0.476 e. The first-order valence-corrected chi connectivity index (χ1v) is 7.28. The normalized spacial score (nSPS) is 11.0. The van der Waals surface area contributed by atoms with Crippen LogP contribution in [0.25, 0.3) is 4.96 Å². The van der Waals surface area contributed by atoms with Crippen LogP contribution in [0, 0.1) is 6.92 Å². The Kier molecular flexibility index (Phi) is 3.04. The first kappa shape index (κ1) is 12.3. The Labute approximate surface area is 117 Å². The van der Waals surface area contributed by atoms with Crippen LogP contribution >= 0.6 is 23.1 Å². The second-order valence-electron chi connectivity index (χ2n) is 4.04. The maximum Gasteiger partial charge on any atom is 0.355 e. The highest BCUT2D eigenvalue weighted by Gasteiger charge is 2.20. The Hall–Kier alpha value is -1.79. The molecule has 0 bridgehead atoms. The van der Waals surface area contributed by atoms with E-state index in [0.717, 1.165) is 4.90 Å². The van der Waals surface area contributed by atoms with Crippen LogP contribution in [0.15, 0.2) is 45.8 Å². The lowest BCUT2D eigenvalue weighted by Gasteiger charge is -2.00. The molecule has 0 spiro atoms. The number of carboxylic acids is 1. The van der Waals surface area contributed by atoms with Crippen LogP contribution in [0.5, 0.6) is 0 Å². The van der Waals surface area contributed by atoms with Crippen LogP contribution in [0.3, 0.4) is 0 Å². The molecule has 0 fully saturated rings. The molecule has 4 nitrogen and oxygen atoms in total. The third-order valence-electron chi connectivity index (χ3n) is 2.67. The summed E-state index contributed by atoms with van der Waals surface area (Å²) in [5.41, 5.74) is 1.40. The Morgan fingerprint density at radius 1 is 1.37 bits per heavy atom. The van der Waals surface area contributed by atoms with Gasteiger partial charge in [0.25, 0.3) is 0 Å². The summed E-state index contributed by atoms with van der Waals surface area (Å²) in [6.07, 6.45) is 1.73. The van der Waals surface area contributed by atoms with Crippen molar-refractivity contribution in [2.75, 3.05) is 0 Å². The zero-order valence-electron chi connectivity index (χ0n) is 10.0. The summed E-state index contributed by atoms with van der Waals surface area (Å²) in [7, 11) is 0. The molecule has 0 saturated carbocycles. The van der Waals surface area contributed by atoms with Crippen LogP contribution in [0.2, 0.25) is 0 Å². The van der Waals surface area contributed by atoms with Crippen molar-refractivity contribution in [3.63, 3.8) is 0 Å². The van der Waals surface area contributed by atoms with Crippen molar-refractivity contribution in [3.05, 3.63) is 47.1 Å². The van der Waals surface area contributed by atoms with Crippen molar-refractivity contribution < 1.29 is 9.90 Å². The fraction of sp³-hybridized carbons (Fsp3) is 0.0769. The number of imidazole rings is 1. The highest BCUT2D eigenvalue weighted by atomic mass is 32.2.